The molecule has 1 aromatic rings. The van der Waals surface area contributed by atoms with E-state index in [2.05, 4.69) is 9.71 Å². The average Bonchev–Trinajstić information content (AvgIpc) is 2.62. The zero-order valence-corrected chi connectivity index (χ0v) is 12.2. The molecule has 5 nitrogen and oxygen atoms in total. The van der Waals surface area contributed by atoms with Gasteiger partial charge in [-0.1, -0.05) is 19.4 Å². The number of hydrogen-bond donors (Lipinski definition) is 1. The van der Waals surface area contributed by atoms with Crippen LogP contribution in [0.4, 0.5) is 4.39 Å². The molecule has 1 atom stereocenters. The molecule has 0 saturated heterocycles. The second kappa shape index (κ2) is 5.78. The van der Waals surface area contributed by atoms with Crippen molar-refractivity contribution in [2.24, 2.45) is 4.99 Å². The molecule has 0 bridgehead atoms. The number of nitrogens with one attached hydrogen (secondary N) is 1. The highest BCUT2D eigenvalue weighted by atomic mass is 32.2. The quantitative estimate of drug-likeness (QED) is 0.848. The first-order chi connectivity index (χ1) is 9.45. The fraction of sp³-hybridized carbons (Fsp3) is 0.462. The number of benzene rings is 1. The third-order valence-corrected chi connectivity index (χ3v) is 4.20. The van der Waals surface area contributed by atoms with Crippen LogP contribution in [0.15, 0.2) is 28.1 Å². The summed E-state index contributed by atoms with van der Waals surface area (Å²) in [5.41, 5.74) is 0.313. The number of aliphatic imine (C=N–C) groups is 1. The summed E-state index contributed by atoms with van der Waals surface area (Å²) in [5, 5.41) is 0. The first-order valence-corrected chi connectivity index (χ1v) is 7.95. The van der Waals surface area contributed by atoms with E-state index in [4.69, 9.17) is 4.74 Å². The first kappa shape index (κ1) is 14.8. The Labute approximate surface area is 117 Å². The van der Waals surface area contributed by atoms with Crippen molar-refractivity contribution in [1.29, 1.82) is 0 Å². The van der Waals surface area contributed by atoms with Gasteiger partial charge in [-0.2, -0.15) is 0 Å². The van der Waals surface area contributed by atoms with Crippen molar-refractivity contribution in [3.63, 3.8) is 0 Å². The van der Waals surface area contributed by atoms with Crippen molar-refractivity contribution in [3.8, 4) is 5.75 Å². The number of halogens is 1. The zero-order valence-electron chi connectivity index (χ0n) is 11.4. The van der Waals surface area contributed by atoms with E-state index < -0.39 is 16.4 Å². The van der Waals surface area contributed by atoms with Gasteiger partial charge in [-0.05, 0) is 18.6 Å². The van der Waals surface area contributed by atoms with Crippen LogP contribution in [0.2, 0.25) is 0 Å². The van der Waals surface area contributed by atoms with E-state index in [-0.39, 0.29) is 16.5 Å². The van der Waals surface area contributed by atoms with E-state index >= 15 is 0 Å². The number of amidine groups is 1. The largest absolute Gasteiger partial charge is 0.460 e. The average molecular weight is 300 g/mol. The molecular formula is C13H17FN2O3S. The lowest BCUT2D eigenvalue weighted by molar-refractivity contribution is 0.0856. The summed E-state index contributed by atoms with van der Waals surface area (Å²) in [7, 11) is -3.63. The summed E-state index contributed by atoms with van der Waals surface area (Å²) in [4.78, 5) is 4.32. The standard InChI is InChI=1S/C13H17FN2O3S/c1-3-4-8-15-13-12-10(19-9(2)14)6-5-7-11(12)20(17,18)16-13/h5-7,9H,3-4,8H2,1-2H3,(H,15,16). The molecule has 1 N–H and O–H groups in total. The van der Waals surface area contributed by atoms with Gasteiger partial charge in [0.1, 0.15) is 16.5 Å². The Morgan fingerprint density at radius 3 is 2.85 bits per heavy atom. The lowest BCUT2D eigenvalue weighted by atomic mass is 10.2. The van der Waals surface area contributed by atoms with Crippen LogP contribution in [0.25, 0.3) is 0 Å². The lowest BCUT2D eigenvalue weighted by Gasteiger charge is -2.10. The highest BCUT2D eigenvalue weighted by Crippen LogP contribution is 2.31. The van der Waals surface area contributed by atoms with Gasteiger partial charge >= 0.3 is 0 Å². The molecule has 0 fully saturated rings. The maximum Gasteiger partial charge on any atom is 0.263 e. The van der Waals surface area contributed by atoms with Crippen molar-refractivity contribution in [2.45, 2.75) is 37.9 Å². The number of nitrogens with zero attached hydrogens (tertiary/aromatic N) is 1. The molecule has 0 radical (unpaired) electrons. The summed E-state index contributed by atoms with van der Waals surface area (Å²) < 4.78 is 44.5. The smallest absolute Gasteiger partial charge is 0.263 e. The maximum absolute atomic E-state index is 13.0. The minimum absolute atomic E-state index is 0.0749. The molecule has 0 spiro atoms. The van der Waals surface area contributed by atoms with E-state index in [0.29, 0.717) is 12.1 Å². The van der Waals surface area contributed by atoms with Crippen molar-refractivity contribution in [1.82, 2.24) is 4.72 Å². The van der Waals surface area contributed by atoms with Gasteiger partial charge in [-0.3, -0.25) is 9.71 Å². The Hall–Kier alpha value is -1.63. The minimum atomic E-state index is -3.63. The van der Waals surface area contributed by atoms with Crippen molar-refractivity contribution >= 4 is 15.9 Å². The monoisotopic (exact) mass is 300 g/mol. The molecule has 7 heteroatoms. The minimum Gasteiger partial charge on any atom is -0.460 e. The highest BCUT2D eigenvalue weighted by Gasteiger charge is 2.33. The van der Waals surface area contributed by atoms with Crippen LogP contribution in [0.5, 0.6) is 5.75 Å². The van der Waals surface area contributed by atoms with E-state index in [9.17, 15) is 12.8 Å². The predicted octanol–water partition coefficient (Wildman–Crippen LogP) is 2.22. The molecule has 20 heavy (non-hydrogen) atoms. The third kappa shape index (κ3) is 2.92. The number of unbranched alkanes of at least 4 members (excludes halogenated alkanes) is 1. The van der Waals surface area contributed by atoms with Crippen LogP contribution in [0.3, 0.4) is 0 Å². The Bertz CT molecular complexity index is 627. The van der Waals surface area contributed by atoms with E-state index in [0.717, 1.165) is 12.8 Å². The Morgan fingerprint density at radius 1 is 1.45 bits per heavy atom. The number of hydrogen-bond acceptors (Lipinski definition) is 4. The van der Waals surface area contributed by atoms with Gasteiger partial charge in [0.2, 0.25) is 6.36 Å². The van der Waals surface area contributed by atoms with Gasteiger partial charge in [-0.25, -0.2) is 12.8 Å². The first-order valence-electron chi connectivity index (χ1n) is 6.47. The van der Waals surface area contributed by atoms with E-state index in [1.807, 2.05) is 6.92 Å². The second-order valence-corrected chi connectivity index (χ2v) is 6.13. The highest BCUT2D eigenvalue weighted by molar-refractivity contribution is 7.90. The van der Waals surface area contributed by atoms with Gasteiger partial charge in [-0.15, -0.1) is 0 Å². The van der Waals surface area contributed by atoms with Crippen LogP contribution in [-0.2, 0) is 10.0 Å². The summed E-state index contributed by atoms with van der Waals surface area (Å²) in [5.74, 6) is 0.408. The van der Waals surface area contributed by atoms with E-state index in [1.54, 1.807) is 0 Å². The van der Waals surface area contributed by atoms with Gasteiger partial charge in [0, 0.05) is 13.5 Å². The number of sulfonamides is 1. The zero-order chi connectivity index (χ0) is 14.8. The molecular weight excluding hydrogens is 283 g/mol. The van der Waals surface area contributed by atoms with Gasteiger partial charge in [0.05, 0.1) is 5.56 Å². The Kier molecular flexibility index (Phi) is 4.27. The number of ether oxygens (including phenoxy) is 1. The van der Waals surface area contributed by atoms with Crippen LogP contribution in [0.1, 0.15) is 32.3 Å². The lowest BCUT2D eigenvalue weighted by Crippen LogP contribution is -2.22. The molecule has 1 aliphatic rings. The molecule has 0 saturated carbocycles. The summed E-state index contributed by atoms with van der Waals surface area (Å²) >= 11 is 0. The van der Waals surface area contributed by atoms with Crippen LogP contribution in [0, 0.1) is 0 Å². The van der Waals surface area contributed by atoms with Crippen LogP contribution in [-0.4, -0.2) is 27.2 Å². The molecule has 0 aromatic heterocycles. The Morgan fingerprint density at radius 2 is 2.20 bits per heavy atom. The SMILES string of the molecule is CCCCN=C1NS(=O)(=O)c2cccc(OC(C)F)c21. The normalized spacial score (nSPS) is 19.4. The molecule has 2 rings (SSSR count). The molecule has 1 aromatic carbocycles. The van der Waals surface area contributed by atoms with Crippen molar-refractivity contribution in [2.75, 3.05) is 6.54 Å². The predicted molar refractivity (Wildman–Crippen MR) is 74.3 cm³/mol. The van der Waals surface area contributed by atoms with Gasteiger partial charge in [0.15, 0.2) is 0 Å². The number of alkyl halides is 1. The molecule has 1 aliphatic heterocycles. The molecule has 110 valence electrons. The maximum atomic E-state index is 13.0. The van der Waals surface area contributed by atoms with Crippen LogP contribution >= 0.6 is 0 Å². The van der Waals surface area contributed by atoms with Crippen molar-refractivity contribution < 1.29 is 17.5 Å². The molecule has 0 aliphatic carbocycles. The molecule has 1 unspecified atom stereocenters. The summed E-state index contributed by atoms with van der Waals surface area (Å²) in [6.07, 6.45) is 0.279. The Balaban J connectivity index is 2.47. The van der Waals surface area contributed by atoms with Gasteiger partial charge < -0.3 is 4.74 Å². The number of fused-ring (bicyclic) bond motifs is 1. The fourth-order valence-corrected chi connectivity index (χ4v) is 3.19. The topological polar surface area (TPSA) is 67.8 Å². The summed E-state index contributed by atoms with van der Waals surface area (Å²) in [6.45, 7) is 3.77. The summed E-state index contributed by atoms with van der Waals surface area (Å²) in [6, 6.07) is 4.51. The number of rotatable bonds is 5. The fourth-order valence-electron chi connectivity index (χ4n) is 1.94. The van der Waals surface area contributed by atoms with Crippen LogP contribution < -0.4 is 9.46 Å². The van der Waals surface area contributed by atoms with Gasteiger partial charge in [0.25, 0.3) is 10.0 Å². The molecule has 0 amide bonds. The van der Waals surface area contributed by atoms with Crippen molar-refractivity contribution in [3.05, 3.63) is 23.8 Å². The second-order valence-electron chi connectivity index (χ2n) is 4.48. The van der Waals surface area contributed by atoms with E-state index in [1.165, 1.54) is 25.1 Å². The molecule has 1 heterocycles. The third-order valence-electron chi connectivity index (χ3n) is 2.82.